The molecule has 0 aliphatic heterocycles. The Balaban J connectivity index is 2.47. The van der Waals surface area contributed by atoms with Gasteiger partial charge >= 0.3 is 5.97 Å². The van der Waals surface area contributed by atoms with Crippen LogP contribution in [0, 0.1) is 17.7 Å². The molecule has 0 bridgehead atoms. The van der Waals surface area contributed by atoms with Gasteiger partial charge in [-0.25, -0.2) is 9.18 Å². The number of hydrogen-bond acceptors (Lipinski definition) is 3. The van der Waals surface area contributed by atoms with Crippen molar-refractivity contribution < 1.29 is 23.9 Å². The lowest BCUT2D eigenvalue weighted by atomic mass is 10.00. The molecule has 3 N–H and O–H groups in total. The van der Waals surface area contributed by atoms with Crippen LogP contribution in [0.1, 0.15) is 32.8 Å². The number of nitrogens with one attached hydrogen (secondary N) is 2. The third kappa shape index (κ3) is 7.32. The number of halogens is 1. The number of benzene rings is 1. The van der Waals surface area contributed by atoms with Crippen molar-refractivity contribution in [2.75, 3.05) is 6.54 Å². The van der Waals surface area contributed by atoms with Crippen LogP contribution < -0.4 is 10.6 Å². The first-order chi connectivity index (χ1) is 11.7. The number of carbonyl (C=O) groups is 3. The van der Waals surface area contributed by atoms with Gasteiger partial charge in [0.2, 0.25) is 11.8 Å². The van der Waals surface area contributed by atoms with E-state index in [1.165, 1.54) is 6.07 Å². The number of carbonyl (C=O) groups excluding carboxylic acids is 2. The van der Waals surface area contributed by atoms with Gasteiger partial charge in [-0.05, 0) is 30.4 Å². The highest BCUT2D eigenvalue weighted by Gasteiger charge is 2.22. The zero-order chi connectivity index (χ0) is 19.0. The summed E-state index contributed by atoms with van der Waals surface area (Å²) in [5.41, 5.74) is 0.428. The predicted octanol–water partition coefficient (Wildman–Crippen LogP) is 1.74. The Morgan fingerprint density at radius 3 is 2.36 bits per heavy atom. The van der Waals surface area contributed by atoms with Gasteiger partial charge in [0.1, 0.15) is 11.9 Å². The van der Waals surface area contributed by atoms with Crippen molar-refractivity contribution in [2.45, 2.75) is 39.7 Å². The Kier molecular flexibility index (Phi) is 8.04. The molecule has 2 atom stereocenters. The molecule has 0 aliphatic rings. The van der Waals surface area contributed by atoms with Crippen molar-refractivity contribution in [1.29, 1.82) is 0 Å². The summed E-state index contributed by atoms with van der Waals surface area (Å²) in [5, 5.41) is 13.9. The second kappa shape index (κ2) is 9.76. The maximum absolute atomic E-state index is 13.6. The first-order valence-corrected chi connectivity index (χ1v) is 8.24. The summed E-state index contributed by atoms with van der Waals surface area (Å²) in [5.74, 6) is -2.86. The van der Waals surface area contributed by atoms with E-state index in [9.17, 15) is 18.8 Å². The predicted molar refractivity (Wildman–Crippen MR) is 91.3 cm³/mol. The fraction of sp³-hybridized carbons (Fsp3) is 0.500. The average molecular weight is 352 g/mol. The van der Waals surface area contributed by atoms with Gasteiger partial charge < -0.3 is 15.7 Å². The summed E-state index contributed by atoms with van der Waals surface area (Å²) < 4.78 is 13.6. The minimum atomic E-state index is -1.11. The van der Waals surface area contributed by atoms with Crippen molar-refractivity contribution in [3.8, 4) is 0 Å². The molecular weight excluding hydrogens is 327 g/mol. The largest absolute Gasteiger partial charge is 0.480 e. The topological polar surface area (TPSA) is 95.5 Å². The molecule has 0 radical (unpaired) electrons. The molecule has 0 fully saturated rings. The fourth-order valence-electron chi connectivity index (χ4n) is 2.37. The summed E-state index contributed by atoms with van der Waals surface area (Å²) in [4.78, 5) is 35.0. The van der Waals surface area contributed by atoms with E-state index in [0.717, 1.165) is 0 Å². The second-order valence-electron chi connectivity index (χ2n) is 6.50. The SMILES string of the molecule is CC(C)C[C@H](NC(=O)CNC(=O)C(C)Cc1ccccc1F)C(=O)O. The monoisotopic (exact) mass is 352 g/mol. The Hall–Kier alpha value is -2.44. The number of hydrogen-bond donors (Lipinski definition) is 3. The molecule has 25 heavy (non-hydrogen) atoms. The lowest BCUT2D eigenvalue weighted by Gasteiger charge is -2.17. The summed E-state index contributed by atoms with van der Waals surface area (Å²) in [7, 11) is 0. The molecule has 1 unspecified atom stereocenters. The zero-order valence-electron chi connectivity index (χ0n) is 14.7. The van der Waals surface area contributed by atoms with Gasteiger partial charge in [-0.1, -0.05) is 39.0 Å². The molecule has 138 valence electrons. The molecule has 0 spiro atoms. The van der Waals surface area contributed by atoms with E-state index >= 15 is 0 Å². The number of carboxylic acid groups (broad SMARTS) is 1. The van der Waals surface area contributed by atoms with Gasteiger partial charge in [-0.2, -0.15) is 0 Å². The van der Waals surface area contributed by atoms with Crippen molar-refractivity contribution in [1.82, 2.24) is 10.6 Å². The van der Waals surface area contributed by atoms with Crippen LogP contribution in [0.25, 0.3) is 0 Å². The molecule has 0 saturated carbocycles. The minimum absolute atomic E-state index is 0.108. The van der Waals surface area contributed by atoms with E-state index in [1.807, 2.05) is 13.8 Å². The molecule has 0 saturated heterocycles. The van der Waals surface area contributed by atoms with E-state index in [1.54, 1.807) is 25.1 Å². The summed E-state index contributed by atoms with van der Waals surface area (Å²) in [6.45, 7) is 5.03. The lowest BCUT2D eigenvalue weighted by molar-refractivity contribution is -0.142. The van der Waals surface area contributed by atoms with E-state index in [4.69, 9.17) is 5.11 Å². The van der Waals surface area contributed by atoms with E-state index < -0.39 is 29.7 Å². The van der Waals surface area contributed by atoms with Crippen LogP contribution in [-0.4, -0.2) is 35.5 Å². The van der Waals surface area contributed by atoms with E-state index in [2.05, 4.69) is 10.6 Å². The van der Waals surface area contributed by atoms with Crippen LogP contribution in [0.3, 0.4) is 0 Å². The van der Waals surface area contributed by atoms with Gasteiger partial charge in [0, 0.05) is 5.92 Å². The second-order valence-corrected chi connectivity index (χ2v) is 6.50. The van der Waals surface area contributed by atoms with Gasteiger partial charge in [-0.3, -0.25) is 9.59 Å². The van der Waals surface area contributed by atoms with E-state index in [0.29, 0.717) is 12.0 Å². The van der Waals surface area contributed by atoms with E-state index in [-0.39, 0.29) is 24.7 Å². The van der Waals surface area contributed by atoms with Gasteiger partial charge in [-0.15, -0.1) is 0 Å². The molecule has 6 nitrogen and oxygen atoms in total. The standard InChI is InChI=1S/C18H25FN2O4/c1-11(2)8-15(18(24)25)21-16(22)10-20-17(23)12(3)9-13-6-4-5-7-14(13)19/h4-7,11-12,15H,8-10H2,1-3H3,(H,20,23)(H,21,22)(H,24,25)/t12?,15-/m0/s1. The lowest BCUT2D eigenvalue weighted by Crippen LogP contribution is -2.46. The number of carboxylic acids is 1. The molecule has 7 heteroatoms. The first kappa shape index (κ1) is 20.6. The van der Waals surface area contributed by atoms with Crippen LogP contribution in [0.15, 0.2) is 24.3 Å². The smallest absolute Gasteiger partial charge is 0.326 e. The molecule has 0 aliphatic carbocycles. The maximum atomic E-state index is 13.6. The van der Waals surface area contributed by atoms with Crippen molar-refractivity contribution in [2.24, 2.45) is 11.8 Å². The Labute approximate surface area is 146 Å². The summed E-state index contributed by atoms with van der Waals surface area (Å²) in [6.07, 6.45) is 0.518. The Morgan fingerprint density at radius 2 is 1.80 bits per heavy atom. The van der Waals surface area contributed by atoms with Gasteiger partial charge in [0.25, 0.3) is 0 Å². The van der Waals surface area contributed by atoms with Crippen LogP contribution in [0.5, 0.6) is 0 Å². The third-order valence-corrected chi connectivity index (χ3v) is 3.70. The van der Waals surface area contributed by atoms with Crippen LogP contribution in [0.2, 0.25) is 0 Å². The van der Waals surface area contributed by atoms with Crippen LogP contribution in [-0.2, 0) is 20.8 Å². The normalized spacial score (nSPS) is 13.2. The molecule has 1 rings (SSSR count). The quantitative estimate of drug-likeness (QED) is 0.631. The molecule has 1 aromatic rings. The van der Waals surface area contributed by atoms with Crippen molar-refractivity contribution in [3.05, 3.63) is 35.6 Å². The van der Waals surface area contributed by atoms with Crippen molar-refractivity contribution in [3.63, 3.8) is 0 Å². The van der Waals surface area contributed by atoms with Gasteiger partial charge in [0.05, 0.1) is 6.54 Å². The Bertz CT molecular complexity index is 619. The van der Waals surface area contributed by atoms with Crippen LogP contribution >= 0.6 is 0 Å². The molecule has 0 aromatic heterocycles. The highest BCUT2D eigenvalue weighted by Crippen LogP contribution is 2.12. The zero-order valence-corrected chi connectivity index (χ0v) is 14.7. The average Bonchev–Trinajstić information content (AvgIpc) is 2.53. The molecule has 1 aromatic carbocycles. The number of aliphatic carboxylic acids is 1. The molecule has 0 heterocycles. The maximum Gasteiger partial charge on any atom is 0.326 e. The first-order valence-electron chi connectivity index (χ1n) is 8.24. The van der Waals surface area contributed by atoms with Crippen molar-refractivity contribution >= 4 is 17.8 Å². The fourth-order valence-corrected chi connectivity index (χ4v) is 2.37. The number of rotatable bonds is 9. The summed E-state index contributed by atoms with van der Waals surface area (Å²) >= 11 is 0. The van der Waals surface area contributed by atoms with Gasteiger partial charge in [0.15, 0.2) is 0 Å². The number of amides is 2. The minimum Gasteiger partial charge on any atom is -0.480 e. The third-order valence-electron chi connectivity index (χ3n) is 3.70. The Morgan fingerprint density at radius 1 is 1.16 bits per heavy atom. The van der Waals surface area contributed by atoms with Crippen LogP contribution in [0.4, 0.5) is 4.39 Å². The highest BCUT2D eigenvalue weighted by atomic mass is 19.1. The highest BCUT2D eigenvalue weighted by molar-refractivity contribution is 5.88. The summed E-state index contributed by atoms with van der Waals surface area (Å²) in [6, 6.07) is 5.21. The molecule has 2 amide bonds. The molecular formula is C18H25FN2O4.